The van der Waals surface area contributed by atoms with Crippen LogP contribution in [0.2, 0.25) is 0 Å². The summed E-state index contributed by atoms with van der Waals surface area (Å²) in [5, 5.41) is 8.97. The number of carbonyl (C=O) groups excluding carboxylic acids is 1. The molecule has 0 unspecified atom stereocenters. The molecule has 1 heterocycles. The van der Waals surface area contributed by atoms with E-state index in [-0.39, 0.29) is 49.7 Å². The molecule has 0 aliphatic carbocycles. The van der Waals surface area contributed by atoms with Crippen LogP contribution in [0.25, 0.3) is 0 Å². The Hall–Kier alpha value is -3.14. The van der Waals surface area contributed by atoms with Crippen molar-refractivity contribution in [3.63, 3.8) is 0 Å². The molecular formula is C20H18F4N2O4. The number of anilines is 1. The molecular weight excluding hydrogens is 408 g/mol. The summed E-state index contributed by atoms with van der Waals surface area (Å²) in [6.07, 6.45) is -4.61. The van der Waals surface area contributed by atoms with E-state index in [1.165, 1.54) is 29.2 Å². The van der Waals surface area contributed by atoms with E-state index in [9.17, 15) is 27.2 Å². The Morgan fingerprint density at radius 2 is 1.80 bits per heavy atom. The van der Waals surface area contributed by atoms with Gasteiger partial charge in [-0.15, -0.1) is 0 Å². The Bertz CT molecular complexity index is 943. The van der Waals surface area contributed by atoms with Crippen LogP contribution in [0.3, 0.4) is 0 Å². The van der Waals surface area contributed by atoms with Gasteiger partial charge in [-0.05, 0) is 30.3 Å². The fourth-order valence-electron chi connectivity index (χ4n) is 3.02. The lowest BCUT2D eigenvalue weighted by Crippen LogP contribution is -2.48. The van der Waals surface area contributed by atoms with Crippen molar-refractivity contribution in [2.24, 2.45) is 0 Å². The van der Waals surface area contributed by atoms with Crippen LogP contribution in [0.5, 0.6) is 0 Å². The number of carboxylic acids is 1. The highest BCUT2D eigenvalue weighted by Crippen LogP contribution is 2.32. The van der Waals surface area contributed by atoms with E-state index in [0.717, 1.165) is 23.1 Å². The SMILES string of the molecule is O=C(O)c1ccc(CN(C(=O)N2CCOCC2)c2cccc(C(F)(F)F)c2)c(F)c1. The monoisotopic (exact) mass is 426 g/mol. The molecule has 30 heavy (non-hydrogen) atoms. The Morgan fingerprint density at radius 1 is 1.10 bits per heavy atom. The predicted octanol–water partition coefficient (Wildman–Crippen LogP) is 4.00. The van der Waals surface area contributed by atoms with Crippen LogP contribution in [0.4, 0.5) is 28.0 Å². The molecule has 10 heteroatoms. The average Bonchev–Trinajstić information content (AvgIpc) is 2.72. The molecule has 3 rings (SSSR count). The summed E-state index contributed by atoms with van der Waals surface area (Å²) >= 11 is 0. The first kappa shape index (κ1) is 21.6. The van der Waals surface area contributed by atoms with Crippen LogP contribution in [-0.2, 0) is 17.5 Å². The van der Waals surface area contributed by atoms with Gasteiger partial charge >= 0.3 is 18.2 Å². The summed E-state index contributed by atoms with van der Waals surface area (Å²) in [7, 11) is 0. The average molecular weight is 426 g/mol. The number of halogens is 4. The predicted molar refractivity (Wildman–Crippen MR) is 98.8 cm³/mol. The minimum atomic E-state index is -4.61. The second-order valence-electron chi connectivity index (χ2n) is 6.63. The van der Waals surface area contributed by atoms with Gasteiger partial charge in [0.1, 0.15) is 5.82 Å². The fraction of sp³-hybridized carbons (Fsp3) is 0.300. The number of hydrogen-bond donors (Lipinski definition) is 1. The molecule has 1 aliphatic rings. The van der Waals surface area contributed by atoms with Gasteiger partial charge in [0.25, 0.3) is 0 Å². The van der Waals surface area contributed by atoms with Gasteiger partial charge in [0.05, 0.1) is 30.9 Å². The summed E-state index contributed by atoms with van der Waals surface area (Å²) in [5.41, 5.74) is -1.30. The van der Waals surface area contributed by atoms with Gasteiger partial charge in [0.2, 0.25) is 0 Å². The molecule has 0 aromatic heterocycles. The molecule has 0 saturated carbocycles. The number of amides is 2. The highest BCUT2D eigenvalue weighted by molar-refractivity contribution is 5.92. The van der Waals surface area contributed by atoms with Crippen molar-refractivity contribution in [3.8, 4) is 0 Å². The van der Waals surface area contributed by atoms with Crippen molar-refractivity contribution in [2.75, 3.05) is 31.2 Å². The largest absolute Gasteiger partial charge is 0.478 e. The van der Waals surface area contributed by atoms with Gasteiger partial charge in [-0.3, -0.25) is 4.90 Å². The van der Waals surface area contributed by atoms with E-state index < -0.39 is 29.6 Å². The van der Waals surface area contributed by atoms with Crippen molar-refractivity contribution in [2.45, 2.75) is 12.7 Å². The van der Waals surface area contributed by atoms with Gasteiger partial charge < -0.3 is 14.7 Å². The summed E-state index contributed by atoms with van der Waals surface area (Å²) in [6, 6.07) is 6.78. The third-order valence-corrected chi connectivity index (χ3v) is 4.63. The number of benzene rings is 2. The summed E-state index contributed by atoms with van der Waals surface area (Å²) in [5.74, 6) is -2.19. The lowest BCUT2D eigenvalue weighted by atomic mass is 10.1. The number of carbonyl (C=O) groups is 2. The first-order chi connectivity index (χ1) is 14.2. The first-order valence-corrected chi connectivity index (χ1v) is 9.00. The van der Waals surface area contributed by atoms with E-state index in [1.807, 2.05) is 0 Å². The molecule has 0 radical (unpaired) electrons. The lowest BCUT2D eigenvalue weighted by Gasteiger charge is -2.33. The Labute approximate surface area is 169 Å². The van der Waals surface area contributed by atoms with Crippen LogP contribution < -0.4 is 4.90 Å². The van der Waals surface area contributed by atoms with Crippen molar-refractivity contribution >= 4 is 17.7 Å². The normalized spacial score (nSPS) is 14.5. The first-order valence-electron chi connectivity index (χ1n) is 9.00. The quantitative estimate of drug-likeness (QED) is 0.751. The van der Waals surface area contributed by atoms with Gasteiger partial charge in [0.15, 0.2) is 0 Å². The number of rotatable bonds is 4. The summed E-state index contributed by atoms with van der Waals surface area (Å²) < 4.78 is 59.1. The zero-order valence-electron chi connectivity index (χ0n) is 15.7. The Balaban J connectivity index is 1.98. The van der Waals surface area contributed by atoms with Crippen molar-refractivity contribution in [3.05, 3.63) is 65.0 Å². The molecule has 2 aromatic carbocycles. The summed E-state index contributed by atoms with van der Waals surface area (Å²) in [4.78, 5) is 26.5. The number of alkyl halides is 3. The van der Waals surface area contributed by atoms with Gasteiger partial charge in [0, 0.05) is 24.3 Å². The van der Waals surface area contributed by atoms with E-state index in [2.05, 4.69) is 0 Å². The Morgan fingerprint density at radius 3 is 2.40 bits per heavy atom. The van der Waals surface area contributed by atoms with E-state index in [4.69, 9.17) is 9.84 Å². The topological polar surface area (TPSA) is 70.1 Å². The molecule has 2 amide bonds. The molecule has 0 bridgehead atoms. The van der Waals surface area contributed by atoms with Crippen LogP contribution in [0, 0.1) is 5.82 Å². The molecule has 1 aliphatic heterocycles. The highest BCUT2D eigenvalue weighted by Gasteiger charge is 2.32. The maximum Gasteiger partial charge on any atom is 0.416 e. The van der Waals surface area contributed by atoms with E-state index in [1.54, 1.807) is 0 Å². The van der Waals surface area contributed by atoms with Crippen LogP contribution in [-0.4, -0.2) is 48.3 Å². The Kier molecular flexibility index (Phi) is 6.25. The minimum absolute atomic E-state index is 0.0287. The maximum absolute atomic E-state index is 14.4. The maximum atomic E-state index is 14.4. The van der Waals surface area contributed by atoms with E-state index in [0.29, 0.717) is 0 Å². The second-order valence-corrected chi connectivity index (χ2v) is 6.63. The number of aromatic carboxylic acids is 1. The molecule has 0 spiro atoms. The molecule has 1 fully saturated rings. The van der Waals surface area contributed by atoms with Crippen LogP contribution in [0.15, 0.2) is 42.5 Å². The van der Waals surface area contributed by atoms with Crippen LogP contribution in [0.1, 0.15) is 21.5 Å². The number of urea groups is 1. The zero-order valence-corrected chi connectivity index (χ0v) is 15.7. The standard InChI is InChI=1S/C20H18F4N2O4/c21-17-10-13(18(27)28)4-5-14(17)12-26(19(29)25-6-8-30-9-7-25)16-3-1-2-15(11-16)20(22,23)24/h1-5,10-11H,6-9,12H2,(H,27,28). The molecule has 6 nitrogen and oxygen atoms in total. The number of nitrogens with zero attached hydrogens (tertiary/aromatic N) is 2. The van der Waals surface area contributed by atoms with Crippen molar-refractivity contribution in [1.82, 2.24) is 4.90 Å². The minimum Gasteiger partial charge on any atom is -0.478 e. The second kappa shape index (κ2) is 8.70. The smallest absolute Gasteiger partial charge is 0.416 e. The number of ether oxygens (including phenoxy) is 1. The molecule has 2 aromatic rings. The fourth-order valence-corrected chi connectivity index (χ4v) is 3.02. The van der Waals surface area contributed by atoms with Gasteiger partial charge in [-0.2, -0.15) is 13.2 Å². The summed E-state index contributed by atoms with van der Waals surface area (Å²) in [6.45, 7) is 0.681. The van der Waals surface area contributed by atoms with Gasteiger partial charge in [-0.1, -0.05) is 12.1 Å². The van der Waals surface area contributed by atoms with Crippen LogP contribution >= 0.6 is 0 Å². The molecule has 1 N–H and O–H groups in total. The van der Waals surface area contributed by atoms with Crippen molar-refractivity contribution < 1.29 is 37.0 Å². The number of hydrogen-bond acceptors (Lipinski definition) is 3. The van der Waals surface area contributed by atoms with Gasteiger partial charge in [-0.25, -0.2) is 14.0 Å². The number of carboxylic acid groups (broad SMARTS) is 1. The molecule has 0 atom stereocenters. The molecule has 160 valence electrons. The molecule has 1 saturated heterocycles. The van der Waals surface area contributed by atoms with E-state index >= 15 is 0 Å². The third-order valence-electron chi connectivity index (χ3n) is 4.63. The highest BCUT2D eigenvalue weighted by atomic mass is 19.4. The third kappa shape index (κ3) is 4.88. The lowest BCUT2D eigenvalue weighted by molar-refractivity contribution is -0.137. The van der Waals surface area contributed by atoms with Crippen molar-refractivity contribution in [1.29, 1.82) is 0 Å². The number of morpholine rings is 1. The zero-order chi connectivity index (χ0) is 21.9.